The first-order chi connectivity index (χ1) is 25.8. The highest BCUT2D eigenvalue weighted by Crippen LogP contribution is 2.40. The van der Waals surface area contributed by atoms with Gasteiger partial charge >= 0.3 is 0 Å². The van der Waals surface area contributed by atoms with Gasteiger partial charge < -0.3 is 14.6 Å². The van der Waals surface area contributed by atoms with Crippen LogP contribution in [0, 0.1) is 0 Å². The summed E-state index contributed by atoms with van der Waals surface area (Å²) < 4.78 is 13.5. The van der Waals surface area contributed by atoms with Gasteiger partial charge in [-0.2, -0.15) is 0 Å². The third kappa shape index (κ3) is 7.17. The Morgan fingerprint density at radius 2 is 1.38 bits per heavy atom. The van der Waals surface area contributed by atoms with Crippen molar-refractivity contribution < 1.29 is 24.2 Å². The first-order valence-electron chi connectivity index (χ1n) is 18.2. The van der Waals surface area contributed by atoms with Crippen molar-refractivity contribution in [2.45, 2.75) is 51.0 Å². The van der Waals surface area contributed by atoms with Gasteiger partial charge in [0.1, 0.15) is 0 Å². The van der Waals surface area contributed by atoms with E-state index in [1.165, 1.54) is 21.2 Å². The van der Waals surface area contributed by atoms with E-state index in [1.807, 2.05) is 60.7 Å². The van der Waals surface area contributed by atoms with Crippen LogP contribution < -0.4 is 0 Å². The molecule has 53 heavy (non-hydrogen) atoms. The highest BCUT2D eigenvalue weighted by atomic mass is 16.7. The van der Waals surface area contributed by atoms with Crippen molar-refractivity contribution in [2.75, 3.05) is 13.6 Å². The van der Waals surface area contributed by atoms with Crippen molar-refractivity contribution in [2.24, 2.45) is 0 Å². The molecule has 0 saturated carbocycles. The van der Waals surface area contributed by atoms with Gasteiger partial charge in [0, 0.05) is 24.6 Å². The lowest BCUT2D eigenvalue weighted by Crippen LogP contribution is -2.38. The lowest BCUT2D eigenvalue weighted by atomic mass is 9.97. The maximum Gasteiger partial charge on any atom is 0.261 e. The van der Waals surface area contributed by atoms with Gasteiger partial charge in [0.05, 0.1) is 36.5 Å². The summed E-state index contributed by atoms with van der Waals surface area (Å²) in [5, 5.41) is 12.1. The predicted octanol–water partition coefficient (Wildman–Crippen LogP) is 9.03. The maximum absolute atomic E-state index is 13.1. The Morgan fingerprint density at radius 3 is 2.11 bits per heavy atom. The number of carbonyl (C=O) groups excluding carboxylic acids is 2. The number of likely N-dealkylation sites (N-methyl/N-ethyl adjacent to an activating group) is 1. The molecule has 2 aliphatic heterocycles. The summed E-state index contributed by atoms with van der Waals surface area (Å²) in [6.07, 6.45) is -0.246. The maximum atomic E-state index is 13.1. The van der Waals surface area contributed by atoms with E-state index in [1.54, 1.807) is 24.3 Å². The van der Waals surface area contributed by atoms with Crippen molar-refractivity contribution in [3.63, 3.8) is 0 Å². The summed E-state index contributed by atoms with van der Waals surface area (Å²) in [5.74, 6) is -0.533. The minimum absolute atomic E-state index is 0.0100. The summed E-state index contributed by atoms with van der Waals surface area (Å²) in [4.78, 5) is 29.8. The molecule has 0 spiro atoms. The van der Waals surface area contributed by atoms with Crippen LogP contribution in [0.1, 0.15) is 80.3 Å². The zero-order valence-corrected chi connectivity index (χ0v) is 29.9. The van der Waals surface area contributed by atoms with Crippen molar-refractivity contribution >= 4 is 22.6 Å². The Kier molecular flexibility index (Phi) is 9.73. The van der Waals surface area contributed by atoms with Gasteiger partial charge in [0.2, 0.25) is 0 Å². The van der Waals surface area contributed by atoms with Crippen molar-refractivity contribution in [3.05, 3.63) is 178 Å². The fourth-order valence-electron chi connectivity index (χ4n) is 7.51. The average Bonchev–Trinajstić information content (AvgIpc) is 3.45. The fourth-order valence-corrected chi connectivity index (χ4v) is 7.51. The third-order valence-electron chi connectivity index (χ3n) is 10.7. The van der Waals surface area contributed by atoms with E-state index in [0.29, 0.717) is 24.1 Å². The number of benzene rings is 6. The van der Waals surface area contributed by atoms with Gasteiger partial charge in [-0.25, -0.2) is 0 Å². The topological polar surface area (TPSA) is 79.3 Å². The molecular weight excluding hydrogens is 661 g/mol. The molecule has 2 amide bonds. The highest BCUT2D eigenvalue weighted by Gasteiger charge is 2.36. The SMILES string of the molecule is C[C@H](c1ccc2ccccc2c1)N(C)C[C@H]1C[C@@H](c2ccc(CO)cc2)O[C@@H](c2cccc(-c3cccc(CN4C(=O)c5ccccc5C4=O)c3)c2)O1. The molecule has 1 fully saturated rings. The van der Waals surface area contributed by atoms with Gasteiger partial charge in [-0.15, -0.1) is 0 Å². The molecule has 7 heteroatoms. The summed E-state index contributed by atoms with van der Waals surface area (Å²) >= 11 is 0. The van der Waals surface area contributed by atoms with E-state index in [9.17, 15) is 14.7 Å². The number of carbonyl (C=O) groups is 2. The number of fused-ring (bicyclic) bond motifs is 2. The number of amides is 2. The standard InChI is InChI=1S/C46H42N2O5/c1-30(35-22-21-33-10-3-4-11-37(33)24-35)47(2)28-40-26-43(34-19-17-31(29-49)18-20-34)53-46(52-40)39-14-8-13-38(25-39)36-12-7-9-32(23-36)27-48-44(50)41-15-5-6-16-42(41)45(48)51/h3-25,30,40,43,46,49H,26-29H2,1-2H3/t30-,40-,43+,46+/m1/s1. The number of imide groups is 1. The monoisotopic (exact) mass is 702 g/mol. The normalized spacial score (nSPS) is 19.2. The molecule has 2 aliphatic rings. The average molecular weight is 703 g/mol. The molecule has 6 aromatic carbocycles. The zero-order valence-electron chi connectivity index (χ0n) is 29.9. The second kappa shape index (κ2) is 14.9. The van der Waals surface area contributed by atoms with Crippen LogP contribution in [0.3, 0.4) is 0 Å². The highest BCUT2D eigenvalue weighted by molar-refractivity contribution is 6.21. The van der Waals surface area contributed by atoms with Crippen LogP contribution in [0.2, 0.25) is 0 Å². The molecule has 1 saturated heterocycles. The molecule has 1 N–H and O–H groups in total. The number of hydrogen-bond donors (Lipinski definition) is 1. The smallest absolute Gasteiger partial charge is 0.261 e. The van der Waals surface area contributed by atoms with Gasteiger partial charge in [-0.3, -0.25) is 19.4 Å². The van der Waals surface area contributed by atoms with E-state index in [2.05, 4.69) is 73.5 Å². The number of aliphatic hydroxyl groups excluding tert-OH is 1. The fraction of sp³-hybridized carbons (Fsp3) is 0.217. The van der Waals surface area contributed by atoms with Crippen molar-refractivity contribution in [3.8, 4) is 11.1 Å². The first-order valence-corrected chi connectivity index (χ1v) is 18.2. The Balaban J connectivity index is 1.03. The predicted molar refractivity (Wildman–Crippen MR) is 206 cm³/mol. The minimum Gasteiger partial charge on any atom is -0.392 e. The van der Waals surface area contributed by atoms with Crippen LogP contribution in [0.4, 0.5) is 0 Å². The molecule has 0 aliphatic carbocycles. The molecule has 266 valence electrons. The van der Waals surface area contributed by atoms with Crippen LogP contribution in [0.25, 0.3) is 21.9 Å². The second-order valence-electron chi connectivity index (χ2n) is 14.1. The summed E-state index contributed by atoms with van der Waals surface area (Å²) in [5.41, 5.74) is 7.76. The Hall–Kier alpha value is -5.44. The van der Waals surface area contributed by atoms with Crippen LogP contribution in [0.5, 0.6) is 0 Å². The molecule has 0 aromatic heterocycles. The third-order valence-corrected chi connectivity index (χ3v) is 10.7. The Bertz CT molecular complexity index is 2250. The number of ether oxygens (including phenoxy) is 2. The van der Waals surface area contributed by atoms with Gasteiger partial charge in [0.25, 0.3) is 11.8 Å². The Morgan fingerprint density at radius 1 is 0.698 bits per heavy atom. The molecule has 7 nitrogen and oxygen atoms in total. The van der Waals surface area contributed by atoms with Crippen molar-refractivity contribution in [1.29, 1.82) is 0 Å². The largest absolute Gasteiger partial charge is 0.392 e. The van der Waals surface area contributed by atoms with Crippen LogP contribution >= 0.6 is 0 Å². The lowest BCUT2D eigenvalue weighted by molar-refractivity contribution is -0.253. The van der Waals surface area contributed by atoms with Crippen LogP contribution in [-0.4, -0.2) is 46.4 Å². The summed E-state index contributed by atoms with van der Waals surface area (Å²) in [6, 6.07) is 46.4. The van der Waals surface area contributed by atoms with Gasteiger partial charge in [0.15, 0.2) is 6.29 Å². The van der Waals surface area contributed by atoms with E-state index >= 15 is 0 Å². The van der Waals surface area contributed by atoms with Crippen LogP contribution in [0.15, 0.2) is 140 Å². The molecule has 2 heterocycles. The van der Waals surface area contributed by atoms with Gasteiger partial charge in [-0.05, 0) is 88.5 Å². The van der Waals surface area contributed by atoms with E-state index in [-0.39, 0.29) is 43.2 Å². The summed E-state index contributed by atoms with van der Waals surface area (Å²) in [7, 11) is 2.15. The summed E-state index contributed by atoms with van der Waals surface area (Å²) in [6.45, 7) is 3.12. The molecule has 4 atom stereocenters. The molecule has 6 aromatic rings. The number of hydrogen-bond acceptors (Lipinski definition) is 6. The molecule has 0 radical (unpaired) electrons. The molecule has 0 unspecified atom stereocenters. The quantitative estimate of drug-likeness (QED) is 0.144. The minimum atomic E-state index is -0.609. The number of rotatable bonds is 10. The number of nitrogens with zero attached hydrogens (tertiary/aromatic N) is 2. The Labute approximate surface area is 310 Å². The number of aliphatic hydroxyl groups is 1. The van der Waals surface area contributed by atoms with E-state index in [0.717, 1.165) is 33.4 Å². The van der Waals surface area contributed by atoms with E-state index in [4.69, 9.17) is 9.47 Å². The zero-order chi connectivity index (χ0) is 36.5. The van der Waals surface area contributed by atoms with Crippen LogP contribution in [-0.2, 0) is 22.6 Å². The molecule has 8 rings (SSSR count). The van der Waals surface area contributed by atoms with Crippen molar-refractivity contribution in [1.82, 2.24) is 9.80 Å². The molecule has 0 bridgehead atoms. The van der Waals surface area contributed by atoms with E-state index < -0.39 is 6.29 Å². The van der Waals surface area contributed by atoms with Gasteiger partial charge in [-0.1, -0.05) is 109 Å². The second-order valence-corrected chi connectivity index (χ2v) is 14.1. The lowest BCUT2D eigenvalue weighted by Gasteiger charge is -2.39. The molecular formula is C46H42N2O5. The first kappa shape index (κ1) is 34.6.